The third kappa shape index (κ3) is 3.97. The lowest BCUT2D eigenvalue weighted by molar-refractivity contribution is 0.148. The highest BCUT2D eigenvalue weighted by Gasteiger charge is 2.18. The van der Waals surface area contributed by atoms with Gasteiger partial charge in [-0.05, 0) is 37.8 Å². The van der Waals surface area contributed by atoms with Gasteiger partial charge >= 0.3 is 0 Å². The number of aliphatic hydroxyl groups is 1. The van der Waals surface area contributed by atoms with Crippen molar-refractivity contribution < 1.29 is 9.84 Å². The minimum atomic E-state index is -0.392. The molecule has 1 aromatic rings. The van der Waals surface area contributed by atoms with Crippen molar-refractivity contribution >= 4 is 0 Å². The summed E-state index contributed by atoms with van der Waals surface area (Å²) < 4.78 is 5.35. The van der Waals surface area contributed by atoms with E-state index in [1.807, 2.05) is 18.2 Å². The van der Waals surface area contributed by atoms with Gasteiger partial charge in [-0.2, -0.15) is 0 Å². The van der Waals surface area contributed by atoms with Crippen LogP contribution in [0.5, 0.6) is 5.75 Å². The molecule has 0 aromatic heterocycles. The Balaban J connectivity index is 1.94. The van der Waals surface area contributed by atoms with Gasteiger partial charge in [0.2, 0.25) is 0 Å². The van der Waals surface area contributed by atoms with Crippen LogP contribution >= 0.6 is 0 Å². The second-order valence-electron chi connectivity index (χ2n) is 5.84. The Morgan fingerprint density at radius 1 is 1.26 bits per heavy atom. The van der Waals surface area contributed by atoms with Crippen molar-refractivity contribution in [2.45, 2.75) is 58.0 Å². The number of hydrogen-bond donors (Lipinski definition) is 1. The van der Waals surface area contributed by atoms with Crippen LogP contribution in [0, 0.1) is 12.8 Å². The van der Waals surface area contributed by atoms with Gasteiger partial charge in [-0.1, -0.05) is 43.7 Å². The number of hydrogen-bond acceptors (Lipinski definition) is 2. The van der Waals surface area contributed by atoms with Crippen LogP contribution in [0.3, 0.4) is 0 Å². The van der Waals surface area contributed by atoms with Gasteiger partial charge in [0.05, 0.1) is 13.2 Å². The van der Waals surface area contributed by atoms with Crippen molar-refractivity contribution in [1.29, 1.82) is 0 Å². The van der Waals surface area contributed by atoms with E-state index in [1.165, 1.54) is 37.7 Å². The summed E-state index contributed by atoms with van der Waals surface area (Å²) in [6.45, 7) is 2.05. The molecule has 1 saturated carbocycles. The third-order valence-electron chi connectivity index (χ3n) is 4.32. The first-order chi connectivity index (χ1) is 9.20. The van der Waals surface area contributed by atoms with Gasteiger partial charge in [-0.25, -0.2) is 0 Å². The Morgan fingerprint density at radius 3 is 2.68 bits per heavy atom. The van der Waals surface area contributed by atoms with E-state index in [-0.39, 0.29) is 0 Å². The molecule has 2 heteroatoms. The predicted molar refractivity (Wildman–Crippen MR) is 78.5 cm³/mol. The van der Waals surface area contributed by atoms with Gasteiger partial charge in [0.15, 0.2) is 0 Å². The first-order valence-electron chi connectivity index (χ1n) is 7.53. The lowest BCUT2D eigenvalue weighted by Crippen LogP contribution is -2.09. The van der Waals surface area contributed by atoms with Crippen molar-refractivity contribution in [2.24, 2.45) is 5.92 Å². The molecule has 1 aliphatic rings. The van der Waals surface area contributed by atoms with Crippen LogP contribution in [0.4, 0.5) is 0 Å². The van der Waals surface area contributed by atoms with Crippen LogP contribution < -0.4 is 4.74 Å². The largest absolute Gasteiger partial charge is 0.496 e. The van der Waals surface area contributed by atoms with Crippen LogP contribution in [-0.2, 0) is 0 Å². The van der Waals surface area contributed by atoms with Crippen LogP contribution in [0.1, 0.15) is 62.2 Å². The highest BCUT2D eigenvalue weighted by molar-refractivity contribution is 5.38. The molecule has 1 aliphatic carbocycles. The highest BCUT2D eigenvalue weighted by Crippen LogP contribution is 2.33. The zero-order valence-corrected chi connectivity index (χ0v) is 12.2. The quantitative estimate of drug-likeness (QED) is 0.852. The summed E-state index contributed by atoms with van der Waals surface area (Å²) in [5.74, 6) is 1.63. The third-order valence-corrected chi connectivity index (χ3v) is 4.32. The number of methoxy groups -OCH3 is 1. The predicted octanol–water partition coefficient (Wildman–Crippen LogP) is 4.40. The van der Waals surface area contributed by atoms with E-state index >= 15 is 0 Å². The molecule has 2 nitrogen and oxygen atoms in total. The molecule has 0 spiro atoms. The summed E-state index contributed by atoms with van der Waals surface area (Å²) in [5, 5.41) is 10.4. The minimum absolute atomic E-state index is 0.392. The molecule has 0 saturated heterocycles. The SMILES string of the molecule is COc1ccc(C)cc1C(O)CCC1CCCCC1. The van der Waals surface area contributed by atoms with Crippen LogP contribution in [-0.4, -0.2) is 12.2 Å². The van der Waals surface area contributed by atoms with E-state index in [0.717, 1.165) is 30.1 Å². The van der Waals surface area contributed by atoms with Gasteiger partial charge in [0.1, 0.15) is 5.75 Å². The Hall–Kier alpha value is -1.02. The smallest absolute Gasteiger partial charge is 0.124 e. The van der Waals surface area contributed by atoms with Gasteiger partial charge < -0.3 is 9.84 Å². The molecule has 0 bridgehead atoms. The summed E-state index contributed by atoms with van der Waals surface area (Å²) in [7, 11) is 1.67. The number of aryl methyl sites for hydroxylation is 1. The average Bonchev–Trinajstić information content (AvgIpc) is 2.46. The van der Waals surface area contributed by atoms with Gasteiger partial charge in [0.25, 0.3) is 0 Å². The van der Waals surface area contributed by atoms with E-state index in [2.05, 4.69) is 6.92 Å². The Labute approximate surface area is 116 Å². The summed E-state index contributed by atoms with van der Waals surface area (Å²) in [4.78, 5) is 0. The van der Waals surface area contributed by atoms with E-state index in [9.17, 15) is 5.11 Å². The first kappa shape index (κ1) is 14.4. The maximum Gasteiger partial charge on any atom is 0.124 e. The maximum absolute atomic E-state index is 10.4. The molecule has 19 heavy (non-hydrogen) atoms. The standard InChI is InChI=1S/C17H26O2/c1-13-8-11-17(19-2)15(12-13)16(18)10-9-14-6-4-3-5-7-14/h8,11-12,14,16,18H,3-7,9-10H2,1-2H3. The van der Waals surface area contributed by atoms with Gasteiger partial charge in [-0.3, -0.25) is 0 Å². The molecule has 0 amide bonds. The van der Waals surface area contributed by atoms with Crippen molar-refractivity contribution in [3.05, 3.63) is 29.3 Å². The minimum Gasteiger partial charge on any atom is -0.496 e. The molecular weight excluding hydrogens is 236 g/mol. The fraction of sp³-hybridized carbons (Fsp3) is 0.647. The second kappa shape index (κ2) is 6.95. The number of rotatable bonds is 5. The molecule has 2 rings (SSSR count). The molecule has 1 aromatic carbocycles. The Bertz CT molecular complexity index is 394. The summed E-state index contributed by atoms with van der Waals surface area (Å²) in [6, 6.07) is 6.02. The molecule has 106 valence electrons. The molecule has 1 N–H and O–H groups in total. The zero-order chi connectivity index (χ0) is 13.7. The summed E-state index contributed by atoms with van der Waals surface area (Å²) in [6.07, 6.45) is 8.42. The van der Waals surface area contributed by atoms with Gasteiger partial charge in [0, 0.05) is 5.56 Å². The van der Waals surface area contributed by atoms with E-state index in [4.69, 9.17) is 4.74 Å². The first-order valence-corrected chi connectivity index (χ1v) is 7.53. The number of aliphatic hydroxyl groups excluding tert-OH is 1. The van der Waals surface area contributed by atoms with Crippen LogP contribution in [0.25, 0.3) is 0 Å². The molecule has 1 fully saturated rings. The maximum atomic E-state index is 10.4. The highest BCUT2D eigenvalue weighted by atomic mass is 16.5. The van der Waals surface area contributed by atoms with E-state index in [1.54, 1.807) is 7.11 Å². The molecule has 0 aliphatic heterocycles. The van der Waals surface area contributed by atoms with Crippen molar-refractivity contribution in [3.8, 4) is 5.75 Å². The lowest BCUT2D eigenvalue weighted by atomic mass is 9.85. The molecule has 0 heterocycles. The Morgan fingerprint density at radius 2 is 2.00 bits per heavy atom. The van der Waals surface area contributed by atoms with Crippen molar-refractivity contribution in [3.63, 3.8) is 0 Å². The van der Waals surface area contributed by atoms with E-state index in [0.29, 0.717) is 0 Å². The zero-order valence-electron chi connectivity index (χ0n) is 12.2. The normalized spacial score (nSPS) is 18.3. The number of benzene rings is 1. The molecule has 0 radical (unpaired) electrons. The van der Waals surface area contributed by atoms with Gasteiger partial charge in [-0.15, -0.1) is 0 Å². The Kier molecular flexibility index (Phi) is 5.26. The summed E-state index contributed by atoms with van der Waals surface area (Å²) >= 11 is 0. The van der Waals surface area contributed by atoms with Crippen LogP contribution in [0.2, 0.25) is 0 Å². The number of ether oxygens (including phenoxy) is 1. The fourth-order valence-electron chi connectivity index (χ4n) is 3.14. The van der Waals surface area contributed by atoms with Crippen molar-refractivity contribution in [1.82, 2.24) is 0 Å². The van der Waals surface area contributed by atoms with Crippen molar-refractivity contribution in [2.75, 3.05) is 7.11 Å². The topological polar surface area (TPSA) is 29.5 Å². The lowest BCUT2D eigenvalue weighted by Gasteiger charge is -2.23. The molecule has 1 atom stereocenters. The average molecular weight is 262 g/mol. The van der Waals surface area contributed by atoms with E-state index < -0.39 is 6.10 Å². The molecular formula is C17H26O2. The van der Waals surface area contributed by atoms with Crippen LogP contribution in [0.15, 0.2) is 18.2 Å². The monoisotopic (exact) mass is 262 g/mol. The summed E-state index contributed by atoms with van der Waals surface area (Å²) in [5.41, 5.74) is 2.12. The molecule has 1 unspecified atom stereocenters. The second-order valence-corrected chi connectivity index (χ2v) is 5.84. The fourth-order valence-corrected chi connectivity index (χ4v) is 3.14.